The zero-order chi connectivity index (χ0) is 25.7. The minimum atomic E-state index is -0.995. The fourth-order valence-electron chi connectivity index (χ4n) is 4.28. The van der Waals surface area contributed by atoms with E-state index < -0.39 is 47.6 Å². The molecule has 1 saturated carbocycles. The molecule has 0 spiro atoms. The first-order chi connectivity index (χ1) is 17.3. The molecule has 1 fully saturated rings. The molecule has 0 aliphatic heterocycles. The number of rotatable bonds is 10. The summed E-state index contributed by atoms with van der Waals surface area (Å²) in [5, 5.41) is 29.5. The molecule has 1 unspecified atom stereocenters. The molecule has 1 aliphatic carbocycles. The molecule has 3 aromatic rings. The number of carbonyl (C=O) groups is 1. The van der Waals surface area contributed by atoms with Gasteiger partial charge < -0.3 is 20.3 Å². The second-order valence-electron chi connectivity index (χ2n) is 8.78. The summed E-state index contributed by atoms with van der Waals surface area (Å²) in [5.74, 6) is -2.73. The zero-order valence-electron chi connectivity index (χ0n) is 19.4. The first-order valence-corrected chi connectivity index (χ1v) is 11.7. The van der Waals surface area contributed by atoms with Crippen molar-refractivity contribution in [2.75, 3.05) is 11.9 Å². The van der Waals surface area contributed by atoms with Crippen molar-refractivity contribution in [1.29, 1.82) is 0 Å². The van der Waals surface area contributed by atoms with Crippen molar-refractivity contribution in [2.24, 2.45) is 5.92 Å². The molecule has 10 nitrogen and oxygen atoms in total. The fourth-order valence-corrected chi connectivity index (χ4v) is 4.28. The van der Waals surface area contributed by atoms with Gasteiger partial charge in [0.2, 0.25) is 0 Å². The van der Waals surface area contributed by atoms with Gasteiger partial charge in [-0.25, -0.2) is 13.5 Å². The van der Waals surface area contributed by atoms with Crippen LogP contribution in [0.15, 0.2) is 47.5 Å². The molecule has 0 bridgehead atoms. The van der Waals surface area contributed by atoms with E-state index in [0.717, 1.165) is 54.8 Å². The third-order valence-electron chi connectivity index (χ3n) is 6.07. The number of hydrogen-bond acceptors (Lipinski definition) is 7. The molecule has 0 saturated heterocycles. The monoisotopic (exact) mass is 503 g/mol. The van der Waals surface area contributed by atoms with Gasteiger partial charge in [-0.05, 0) is 24.5 Å². The van der Waals surface area contributed by atoms with E-state index in [2.05, 4.69) is 15.5 Å². The lowest BCUT2D eigenvalue weighted by atomic mass is 9.98. The summed E-state index contributed by atoms with van der Waals surface area (Å²) >= 11 is 0. The van der Waals surface area contributed by atoms with Gasteiger partial charge in [0.15, 0.2) is 29.0 Å². The molecule has 1 aromatic carbocycles. The molecule has 3 N–H and O–H groups in total. The molecule has 2 atom stereocenters. The summed E-state index contributed by atoms with van der Waals surface area (Å²) in [6.45, 7) is -0.383. The number of nitrogens with zero attached hydrogens (tertiary/aromatic N) is 4. The van der Waals surface area contributed by atoms with E-state index in [-0.39, 0.29) is 24.0 Å². The SMILES string of the molecule is O=C(Nc1ccn(C[C@@H](O)CO)n1)C(CC1CCCC1)n1ncc(Oc2c(F)cccc2F)cc1=O. The van der Waals surface area contributed by atoms with Gasteiger partial charge in [-0.15, -0.1) is 0 Å². The molecule has 36 heavy (non-hydrogen) atoms. The van der Waals surface area contributed by atoms with Gasteiger partial charge in [0.1, 0.15) is 6.04 Å². The maximum atomic E-state index is 13.9. The van der Waals surface area contributed by atoms with Crippen LogP contribution in [0.5, 0.6) is 11.5 Å². The average molecular weight is 504 g/mol. The maximum Gasteiger partial charge on any atom is 0.271 e. The minimum absolute atomic E-state index is 0.0446. The van der Waals surface area contributed by atoms with Gasteiger partial charge in [-0.3, -0.25) is 14.3 Å². The second kappa shape index (κ2) is 11.4. The number of amides is 1. The van der Waals surface area contributed by atoms with Gasteiger partial charge in [0.05, 0.1) is 25.5 Å². The Balaban J connectivity index is 1.55. The standard InChI is InChI=1S/C24H27F2N5O5/c25-18-6-3-7-19(26)23(18)36-17-11-22(34)31(27-12-17)20(10-15-4-1-2-5-15)24(35)28-21-8-9-30(29-21)13-16(33)14-32/h3,6-9,11-12,15-16,20,32-33H,1-2,4-5,10,13-14H2,(H,28,29,35)/t16-,20?/m1/s1. The molecule has 192 valence electrons. The highest BCUT2D eigenvalue weighted by atomic mass is 19.1. The van der Waals surface area contributed by atoms with Gasteiger partial charge in [0.25, 0.3) is 11.5 Å². The van der Waals surface area contributed by atoms with E-state index >= 15 is 0 Å². The Labute approximate surface area is 205 Å². The molecule has 1 amide bonds. The van der Waals surface area contributed by atoms with Crippen molar-refractivity contribution in [3.63, 3.8) is 0 Å². The molecule has 0 radical (unpaired) electrons. The average Bonchev–Trinajstić information content (AvgIpc) is 3.52. The van der Waals surface area contributed by atoms with Crippen molar-refractivity contribution in [3.05, 3.63) is 64.7 Å². The summed E-state index contributed by atoms with van der Waals surface area (Å²) < 4.78 is 35.5. The number of hydrogen-bond donors (Lipinski definition) is 3. The highest BCUT2D eigenvalue weighted by Crippen LogP contribution is 2.32. The Morgan fingerprint density at radius 1 is 1.22 bits per heavy atom. The van der Waals surface area contributed by atoms with Crippen LogP contribution in [0.4, 0.5) is 14.6 Å². The summed E-state index contributed by atoms with van der Waals surface area (Å²) in [6.07, 6.45) is 6.00. The maximum absolute atomic E-state index is 13.9. The van der Waals surface area contributed by atoms with Crippen molar-refractivity contribution < 1.29 is 28.5 Å². The summed E-state index contributed by atoms with van der Waals surface area (Å²) in [6, 6.07) is 4.86. The van der Waals surface area contributed by atoms with E-state index in [0.29, 0.717) is 6.42 Å². The van der Waals surface area contributed by atoms with Crippen LogP contribution < -0.4 is 15.6 Å². The first kappa shape index (κ1) is 25.5. The first-order valence-electron chi connectivity index (χ1n) is 11.7. The smallest absolute Gasteiger partial charge is 0.271 e. The van der Waals surface area contributed by atoms with Crippen LogP contribution >= 0.6 is 0 Å². The van der Waals surface area contributed by atoms with E-state index in [9.17, 15) is 23.5 Å². The second-order valence-corrected chi connectivity index (χ2v) is 8.78. The molecular formula is C24H27F2N5O5. The van der Waals surface area contributed by atoms with Crippen LogP contribution in [0.3, 0.4) is 0 Å². The van der Waals surface area contributed by atoms with Gasteiger partial charge in [0, 0.05) is 18.3 Å². The third-order valence-corrected chi connectivity index (χ3v) is 6.07. The number of aromatic nitrogens is 4. The zero-order valence-corrected chi connectivity index (χ0v) is 19.4. The third kappa shape index (κ3) is 6.13. The van der Waals surface area contributed by atoms with Crippen LogP contribution in [-0.2, 0) is 11.3 Å². The van der Waals surface area contributed by atoms with Crippen molar-refractivity contribution in [1.82, 2.24) is 19.6 Å². The molecule has 2 heterocycles. The molecule has 1 aliphatic rings. The molecule has 4 rings (SSSR count). The lowest BCUT2D eigenvalue weighted by Gasteiger charge is -2.21. The van der Waals surface area contributed by atoms with Gasteiger partial charge in [-0.1, -0.05) is 31.7 Å². The van der Waals surface area contributed by atoms with E-state index in [4.69, 9.17) is 9.84 Å². The van der Waals surface area contributed by atoms with Crippen LogP contribution in [0.25, 0.3) is 0 Å². The van der Waals surface area contributed by atoms with Crippen LogP contribution in [0.2, 0.25) is 0 Å². The van der Waals surface area contributed by atoms with E-state index in [1.807, 2.05) is 0 Å². The predicted molar refractivity (Wildman–Crippen MR) is 124 cm³/mol. The Hall–Kier alpha value is -3.64. The fraction of sp³-hybridized carbons (Fsp3) is 0.417. The number of aliphatic hydroxyl groups excluding tert-OH is 2. The lowest BCUT2D eigenvalue weighted by Crippen LogP contribution is -2.36. The Kier molecular flexibility index (Phi) is 8.06. The number of halogens is 2. The van der Waals surface area contributed by atoms with Gasteiger partial charge >= 0.3 is 0 Å². The summed E-state index contributed by atoms with van der Waals surface area (Å²) in [4.78, 5) is 26.1. The molecular weight excluding hydrogens is 476 g/mol. The highest BCUT2D eigenvalue weighted by Gasteiger charge is 2.29. The number of benzene rings is 1. The normalized spacial score (nSPS) is 15.6. The quantitative estimate of drug-likeness (QED) is 0.388. The van der Waals surface area contributed by atoms with Crippen LogP contribution in [0, 0.1) is 17.6 Å². The minimum Gasteiger partial charge on any atom is -0.449 e. The predicted octanol–water partition coefficient (Wildman–Crippen LogP) is 2.62. The molecule has 2 aromatic heterocycles. The Morgan fingerprint density at radius 3 is 2.61 bits per heavy atom. The largest absolute Gasteiger partial charge is 0.449 e. The number of nitrogens with one attached hydrogen (secondary N) is 1. The van der Waals surface area contributed by atoms with Crippen molar-refractivity contribution >= 4 is 11.7 Å². The van der Waals surface area contributed by atoms with Crippen LogP contribution in [-0.4, -0.2) is 48.4 Å². The van der Waals surface area contributed by atoms with E-state index in [1.54, 1.807) is 6.20 Å². The molecule has 12 heteroatoms. The number of aliphatic hydroxyl groups is 2. The van der Waals surface area contributed by atoms with Crippen molar-refractivity contribution in [3.8, 4) is 11.5 Å². The summed E-state index contributed by atoms with van der Waals surface area (Å²) in [7, 11) is 0. The number of ether oxygens (including phenoxy) is 1. The lowest BCUT2D eigenvalue weighted by molar-refractivity contribution is -0.120. The highest BCUT2D eigenvalue weighted by molar-refractivity contribution is 5.92. The number of carbonyl (C=O) groups excluding carboxylic acids is 1. The van der Waals surface area contributed by atoms with E-state index in [1.165, 1.54) is 16.8 Å². The van der Waals surface area contributed by atoms with Crippen LogP contribution in [0.1, 0.15) is 38.1 Å². The Bertz CT molecular complexity index is 1240. The van der Waals surface area contributed by atoms with Crippen molar-refractivity contribution in [2.45, 2.75) is 50.8 Å². The Morgan fingerprint density at radius 2 is 1.94 bits per heavy atom. The number of anilines is 1. The topological polar surface area (TPSA) is 132 Å². The summed E-state index contributed by atoms with van der Waals surface area (Å²) in [5.41, 5.74) is -0.668. The number of para-hydroxylation sites is 1. The van der Waals surface area contributed by atoms with Gasteiger partial charge in [-0.2, -0.15) is 10.2 Å².